The molecule has 2 aromatic rings. The van der Waals surface area contributed by atoms with Crippen molar-refractivity contribution in [3.63, 3.8) is 0 Å². The molecule has 1 heterocycles. The molecule has 1 aromatic heterocycles. The lowest BCUT2D eigenvalue weighted by molar-refractivity contribution is -0.144. The van der Waals surface area contributed by atoms with Crippen molar-refractivity contribution in [1.29, 1.82) is 0 Å². The molecule has 0 unspecified atom stereocenters. The summed E-state index contributed by atoms with van der Waals surface area (Å²) in [6.07, 6.45) is -4.71. The molecule has 0 aliphatic rings. The van der Waals surface area contributed by atoms with Gasteiger partial charge in [-0.05, 0) is 22.6 Å². The Kier molecular flexibility index (Phi) is 2.55. The first-order valence-electron chi connectivity index (χ1n) is 3.91. The number of alkyl halides is 3. The van der Waals surface area contributed by atoms with Gasteiger partial charge in [-0.2, -0.15) is 13.2 Å². The fraction of sp³-hybridized carbons (Fsp3) is 0.125. The second-order valence-corrected chi connectivity index (χ2v) is 4.04. The van der Waals surface area contributed by atoms with Crippen molar-refractivity contribution in [1.82, 2.24) is 9.97 Å². The van der Waals surface area contributed by atoms with Crippen molar-refractivity contribution < 1.29 is 22.0 Å². The van der Waals surface area contributed by atoms with Crippen LogP contribution in [0.15, 0.2) is 6.07 Å². The molecule has 16 heavy (non-hydrogen) atoms. The molecule has 0 fully saturated rings. The second kappa shape index (κ2) is 3.54. The van der Waals surface area contributed by atoms with Crippen LogP contribution in [-0.2, 0) is 6.18 Å². The van der Waals surface area contributed by atoms with Gasteiger partial charge in [0.25, 0.3) is 0 Å². The number of nitrogens with one attached hydrogen (secondary N) is 1. The van der Waals surface area contributed by atoms with E-state index in [2.05, 4.69) is 4.98 Å². The zero-order valence-electron chi connectivity index (χ0n) is 7.29. The van der Waals surface area contributed by atoms with Crippen molar-refractivity contribution >= 4 is 33.6 Å². The number of aromatic nitrogens is 2. The van der Waals surface area contributed by atoms with E-state index in [4.69, 9.17) is 0 Å². The number of halogens is 6. The van der Waals surface area contributed by atoms with Crippen LogP contribution in [0.3, 0.4) is 0 Å². The Bertz CT molecular complexity index is 560. The van der Waals surface area contributed by atoms with Crippen LogP contribution in [0.1, 0.15) is 5.82 Å². The molecule has 8 heteroatoms. The largest absolute Gasteiger partial charge is 0.449 e. The number of aromatic amines is 1. The molecule has 2 nitrogen and oxygen atoms in total. The minimum atomic E-state index is -4.71. The van der Waals surface area contributed by atoms with Crippen LogP contribution in [0.25, 0.3) is 11.0 Å². The maximum Gasteiger partial charge on any atom is 0.449 e. The van der Waals surface area contributed by atoms with E-state index in [0.717, 1.165) is 6.07 Å². The lowest BCUT2D eigenvalue weighted by Crippen LogP contribution is -2.06. The average molecular weight is 348 g/mol. The normalized spacial score (nSPS) is 12.4. The maximum absolute atomic E-state index is 13.4. The van der Waals surface area contributed by atoms with Crippen molar-refractivity contribution in [2.24, 2.45) is 0 Å². The van der Waals surface area contributed by atoms with Gasteiger partial charge in [0.1, 0.15) is 11.3 Å². The molecule has 0 radical (unpaired) electrons. The van der Waals surface area contributed by atoms with Crippen LogP contribution in [0, 0.1) is 15.2 Å². The first kappa shape index (κ1) is 11.6. The van der Waals surface area contributed by atoms with E-state index in [-0.39, 0.29) is 9.09 Å². The maximum atomic E-state index is 13.4. The van der Waals surface area contributed by atoms with E-state index >= 15 is 0 Å². The predicted molar refractivity (Wildman–Crippen MR) is 53.7 cm³/mol. The highest BCUT2D eigenvalue weighted by Gasteiger charge is 2.35. The smallest absolute Gasteiger partial charge is 0.334 e. The van der Waals surface area contributed by atoms with Crippen LogP contribution in [0.4, 0.5) is 22.0 Å². The Labute approximate surface area is 99.0 Å². The van der Waals surface area contributed by atoms with Gasteiger partial charge in [-0.1, -0.05) is 0 Å². The molecule has 2 rings (SSSR count). The molecule has 0 saturated heterocycles. The summed E-state index contributed by atoms with van der Waals surface area (Å²) in [5.74, 6) is -3.37. The molecule has 0 amide bonds. The second-order valence-electron chi connectivity index (χ2n) is 2.97. The fourth-order valence-electron chi connectivity index (χ4n) is 1.19. The van der Waals surface area contributed by atoms with E-state index in [9.17, 15) is 22.0 Å². The van der Waals surface area contributed by atoms with Crippen LogP contribution < -0.4 is 0 Å². The number of hydrogen-bond acceptors (Lipinski definition) is 1. The van der Waals surface area contributed by atoms with Crippen molar-refractivity contribution in [2.45, 2.75) is 6.18 Å². The van der Waals surface area contributed by atoms with Gasteiger partial charge in [-0.3, -0.25) is 0 Å². The Morgan fingerprint density at radius 2 is 1.88 bits per heavy atom. The van der Waals surface area contributed by atoms with E-state index in [1.54, 1.807) is 0 Å². The Morgan fingerprint density at radius 1 is 1.25 bits per heavy atom. The van der Waals surface area contributed by atoms with Gasteiger partial charge in [0.15, 0.2) is 5.82 Å². The van der Waals surface area contributed by atoms with Crippen molar-refractivity contribution in [2.75, 3.05) is 0 Å². The fourth-order valence-corrected chi connectivity index (χ4v) is 1.60. The summed E-state index contributed by atoms with van der Waals surface area (Å²) in [5.41, 5.74) is -0.833. The van der Waals surface area contributed by atoms with E-state index in [1.165, 1.54) is 22.6 Å². The lowest BCUT2D eigenvalue weighted by atomic mass is 10.3. The molecule has 86 valence electrons. The number of rotatable bonds is 0. The highest BCUT2D eigenvalue weighted by atomic mass is 127. The molecule has 0 aliphatic carbocycles. The summed E-state index contributed by atoms with van der Waals surface area (Å²) in [6.45, 7) is 0. The molecular weight excluding hydrogens is 346 g/mol. The van der Waals surface area contributed by atoms with Gasteiger partial charge in [0, 0.05) is 6.07 Å². The lowest BCUT2D eigenvalue weighted by Gasteiger charge is -1.98. The monoisotopic (exact) mass is 348 g/mol. The SMILES string of the molecule is Fc1cc2[nH]c(C(F)(F)F)nc2c(F)c1I. The van der Waals surface area contributed by atoms with Crippen LogP contribution >= 0.6 is 22.6 Å². The van der Waals surface area contributed by atoms with E-state index in [0.29, 0.717) is 0 Å². The van der Waals surface area contributed by atoms with E-state index < -0.39 is 29.2 Å². The number of nitrogens with zero attached hydrogens (tertiary/aromatic N) is 1. The average Bonchev–Trinajstić information content (AvgIpc) is 2.57. The van der Waals surface area contributed by atoms with Gasteiger partial charge in [0.2, 0.25) is 5.82 Å². The zero-order valence-corrected chi connectivity index (χ0v) is 9.45. The number of hydrogen-bond donors (Lipinski definition) is 1. The standard InChI is InChI=1S/C8H2F5IN2/c9-2-1-3-6(4(10)5(2)14)16-7(15-3)8(11,12)13/h1H,(H,15,16). The third-order valence-corrected chi connectivity index (χ3v) is 2.87. The summed E-state index contributed by atoms with van der Waals surface area (Å²) in [4.78, 5) is 4.88. The number of H-pyrrole nitrogens is 1. The third kappa shape index (κ3) is 1.74. The summed E-state index contributed by atoms with van der Waals surface area (Å²) < 4.78 is 62.8. The first-order chi connectivity index (χ1) is 7.30. The van der Waals surface area contributed by atoms with Crippen molar-refractivity contribution in [3.8, 4) is 0 Å². The predicted octanol–water partition coefficient (Wildman–Crippen LogP) is 3.46. The number of fused-ring (bicyclic) bond motifs is 1. The minimum absolute atomic E-state index is 0.317. The molecule has 0 aliphatic heterocycles. The molecule has 0 atom stereocenters. The minimum Gasteiger partial charge on any atom is -0.334 e. The summed E-state index contributed by atoms with van der Waals surface area (Å²) >= 11 is 1.36. The summed E-state index contributed by atoms with van der Waals surface area (Å²) in [5, 5.41) is 0. The van der Waals surface area contributed by atoms with Crippen LogP contribution in [0.2, 0.25) is 0 Å². The van der Waals surface area contributed by atoms with Gasteiger partial charge >= 0.3 is 6.18 Å². The van der Waals surface area contributed by atoms with Gasteiger partial charge in [-0.15, -0.1) is 0 Å². The van der Waals surface area contributed by atoms with Crippen LogP contribution in [-0.4, -0.2) is 9.97 Å². The van der Waals surface area contributed by atoms with Crippen LogP contribution in [0.5, 0.6) is 0 Å². The first-order valence-corrected chi connectivity index (χ1v) is 4.99. The molecule has 1 N–H and O–H groups in total. The Hall–Kier alpha value is -0.930. The molecule has 0 saturated carbocycles. The Morgan fingerprint density at radius 3 is 2.44 bits per heavy atom. The molecule has 1 aromatic carbocycles. The molecule has 0 spiro atoms. The van der Waals surface area contributed by atoms with Gasteiger partial charge in [0.05, 0.1) is 9.09 Å². The molecule has 0 bridgehead atoms. The third-order valence-electron chi connectivity index (χ3n) is 1.88. The van der Waals surface area contributed by atoms with E-state index in [1.807, 2.05) is 4.98 Å². The quantitative estimate of drug-likeness (QED) is 0.441. The highest BCUT2D eigenvalue weighted by molar-refractivity contribution is 14.1. The summed E-state index contributed by atoms with van der Waals surface area (Å²) in [6, 6.07) is 0.780. The number of imidazole rings is 1. The van der Waals surface area contributed by atoms with Gasteiger partial charge in [-0.25, -0.2) is 13.8 Å². The molecular formula is C8H2F5IN2. The Balaban J connectivity index is 2.77. The van der Waals surface area contributed by atoms with Crippen molar-refractivity contribution in [3.05, 3.63) is 27.1 Å². The number of benzene rings is 1. The summed E-state index contributed by atoms with van der Waals surface area (Å²) in [7, 11) is 0. The van der Waals surface area contributed by atoms with Gasteiger partial charge < -0.3 is 4.98 Å². The zero-order chi connectivity index (χ0) is 12.1. The topological polar surface area (TPSA) is 28.7 Å². The highest BCUT2D eigenvalue weighted by Crippen LogP contribution is 2.30.